The number of para-hydroxylation sites is 1. The molecule has 3 aromatic rings. The Morgan fingerprint density at radius 3 is 2.56 bits per heavy atom. The largest absolute Gasteiger partial charge is 0.488 e. The van der Waals surface area contributed by atoms with Gasteiger partial charge in [0.2, 0.25) is 5.91 Å². The number of ether oxygens (including phenoxy) is 1. The van der Waals surface area contributed by atoms with E-state index in [1.807, 2.05) is 25.1 Å². The lowest BCUT2D eigenvalue weighted by Crippen LogP contribution is -2.48. The Hall–Kier alpha value is -3.94. The number of aryl methyl sites for hydroxylation is 1. The van der Waals surface area contributed by atoms with Crippen LogP contribution in [0.15, 0.2) is 66.1 Å². The average molecular weight is 585 g/mol. The Balaban J connectivity index is 1.62. The van der Waals surface area contributed by atoms with E-state index in [1.54, 1.807) is 53.8 Å². The number of aliphatic hydroxyl groups is 1. The number of aliphatic hydroxyl groups excluding tert-OH is 1. The van der Waals surface area contributed by atoms with Gasteiger partial charge in [-0.25, -0.2) is 18.2 Å². The van der Waals surface area contributed by atoms with Gasteiger partial charge in [0, 0.05) is 49.7 Å². The van der Waals surface area contributed by atoms with E-state index in [-0.39, 0.29) is 43.0 Å². The number of carbonyl (C=O) groups is 2. The summed E-state index contributed by atoms with van der Waals surface area (Å²) in [5, 5.41) is 15.3. The molecule has 0 saturated heterocycles. The number of benzene rings is 2. The molecule has 12 nitrogen and oxygen atoms in total. The number of amides is 3. The number of aromatic nitrogens is 2. The van der Waals surface area contributed by atoms with Crippen LogP contribution in [0.1, 0.15) is 19.4 Å². The van der Waals surface area contributed by atoms with Crippen molar-refractivity contribution >= 4 is 33.3 Å². The van der Waals surface area contributed by atoms with Crippen molar-refractivity contribution in [2.75, 3.05) is 37.4 Å². The lowest BCUT2D eigenvalue weighted by molar-refractivity contribution is -0.134. The number of nitrogens with zero attached hydrogens (tertiary/aromatic N) is 4. The molecule has 0 fully saturated rings. The molecular weight excluding hydrogens is 548 g/mol. The van der Waals surface area contributed by atoms with Crippen molar-refractivity contribution in [3.05, 3.63) is 66.6 Å². The van der Waals surface area contributed by atoms with Crippen LogP contribution in [-0.4, -0.2) is 83.1 Å². The molecule has 3 N–H and O–H groups in total. The molecule has 2 heterocycles. The van der Waals surface area contributed by atoms with Crippen molar-refractivity contribution in [3.8, 4) is 5.75 Å². The number of hydrogen-bond donors (Lipinski definition) is 3. The Morgan fingerprint density at radius 1 is 1.20 bits per heavy atom. The van der Waals surface area contributed by atoms with E-state index < -0.39 is 28.2 Å². The van der Waals surface area contributed by atoms with E-state index in [0.29, 0.717) is 22.7 Å². The molecule has 0 bridgehead atoms. The summed E-state index contributed by atoms with van der Waals surface area (Å²) in [6, 6.07) is 13.1. The van der Waals surface area contributed by atoms with Crippen LogP contribution >= 0.6 is 0 Å². The molecule has 3 amide bonds. The first kappa shape index (κ1) is 30.0. The first-order valence-corrected chi connectivity index (χ1v) is 14.7. The van der Waals surface area contributed by atoms with Crippen LogP contribution in [0.2, 0.25) is 0 Å². The van der Waals surface area contributed by atoms with Crippen LogP contribution in [0.5, 0.6) is 5.75 Å². The maximum atomic E-state index is 13.4. The van der Waals surface area contributed by atoms with E-state index in [9.17, 15) is 23.1 Å². The van der Waals surface area contributed by atoms with Gasteiger partial charge in [0.1, 0.15) is 11.9 Å². The van der Waals surface area contributed by atoms with Gasteiger partial charge in [0.05, 0.1) is 31.9 Å². The summed E-state index contributed by atoms with van der Waals surface area (Å²) in [7, 11) is -0.741. The summed E-state index contributed by atoms with van der Waals surface area (Å²) < 4.78 is 35.5. The number of likely N-dealkylation sites (N-methyl/N-ethyl adjacent to an activating group) is 1. The summed E-state index contributed by atoms with van der Waals surface area (Å²) in [6.45, 7) is 3.65. The minimum Gasteiger partial charge on any atom is -0.488 e. The topological polar surface area (TPSA) is 146 Å². The van der Waals surface area contributed by atoms with Gasteiger partial charge in [-0.15, -0.1) is 0 Å². The number of fused-ring (bicyclic) bond motifs is 1. The molecule has 0 aliphatic carbocycles. The lowest BCUT2D eigenvalue weighted by Gasteiger charge is -2.33. The number of sulfonamides is 1. The maximum absolute atomic E-state index is 13.4. The third-order valence-electron chi connectivity index (χ3n) is 7.00. The summed E-state index contributed by atoms with van der Waals surface area (Å²) in [4.78, 5) is 31.6. The molecule has 0 radical (unpaired) electrons. The highest BCUT2D eigenvalue weighted by Gasteiger charge is 2.34. The Kier molecular flexibility index (Phi) is 9.31. The molecule has 220 valence electrons. The molecule has 3 atom stereocenters. The highest BCUT2D eigenvalue weighted by atomic mass is 32.2. The average Bonchev–Trinajstić information content (AvgIpc) is 3.40. The molecule has 0 spiro atoms. The highest BCUT2D eigenvalue weighted by molar-refractivity contribution is 7.89. The molecule has 41 heavy (non-hydrogen) atoms. The van der Waals surface area contributed by atoms with Crippen molar-refractivity contribution in [1.29, 1.82) is 0 Å². The number of nitrogens with one attached hydrogen (secondary N) is 2. The molecular formula is C28H36N6O6S. The first-order chi connectivity index (χ1) is 19.5. The third-order valence-corrected chi connectivity index (χ3v) is 8.71. The molecule has 2 aromatic carbocycles. The van der Waals surface area contributed by atoms with Gasteiger partial charge in [-0.2, -0.15) is 4.31 Å². The van der Waals surface area contributed by atoms with Crippen LogP contribution in [0.25, 0.3) is 0 Å². The van der Waals surface area contributed by atoms with Crippen molar-refractivity contribution in [1.82, 2.24) is 18.8 Å². The van der Waals surface area contributed by atoms with Crippen LogP contribution in [0.3, 0.4) is 0 Å². The van der Waals surface area contributed by atoms with Crippen molar-refractivity contribution in [2.45, 2.75) is 37.4 Å². The Labute approximate surface area is 240 Å². The fourth-order valence-corrected chi connectivity index (χ4v) is 5.72. The summed E-state index contributed by atoms with van der Waals surface area (Å²) in [5.41, 5.74) is 1.60. The van der Waals surface area contributed by atoms with E-state index in [0.717, 1.165) is 0 Å². The summed E-state index contributed by atoms with van der Waals surface area (Å²) >= 11 is 0. The predicted molar refractivity (Wildman–Crippen MR) is 154 cm³/mol. The zero-order valence-electron chi connectivity index (χ0n) is 23.5. The number of urea groups is 1. The molecule has 1 aliphatic rings. The van der Waals surface area contributed by atoms with Crippen LogP contribution < -0.4 is 15.4 Å². The van der Waals surface area contributed by atoms with Gasteiger partial charge in [0.15, 0.2) is 5.03 Å². The highest BCUT2D eigenvalue weighted by Crippen LogP contribution is 2.30. The third kappa shape index (κ3) is 7.23. The normalized spacial score (nSPS) is 18.5. The number of hydrogen-bond acceptors (Lipinski definition) is 7. The lowest BCUT2D eigenvalue weighted by atomic mass is 10.0. The minimum absolute atomic E-state index is 0.00542. The molecule has 1 aliphatic heterocycles. The van der Waals surface area contributed by atoms with Gasteiger partial charge < -0.3 is 29.9 Å². The van der Waals surface area contributed by atoms with Gasteiger partial charge >= 0.3 is 6.03 Å². The second kappa shape index (κ2) is 12.7. The van der Waals surface area contributed by atoms with Crippen LogP contribution in [0, 0.1) is 5.92 Å². The smallest absolute Gasteiger partial charge is 0.323 e. The van der Waals surface area contributed by atoms with Crippen molar-refractivity contribution in [2.24, 2.45) is 13.0 Å². The van der Waals surface area contributed by atoms with Crippen molar-refractivity contribution < 1.29 is 27.9 Å². The quantitative estimate of drug-likeness (QED) is 0.369. The van der Waals surface area contributed by atoms with Crippen molar-refractivity contribution in [3.63, 3.8) is 0 Å². The zero-order chi connectivity index (χ0) is 29.7. The minimum atomic E-state index is -3.89. The Bertz CT molecular complexity index is 1480. The SMILES string of the molecule is C[C@@H]1CN([C@H](C)CO)C(=O)Cc2cc(NC(=O)Nc3ccccc3)ccc2O[C@@H]1CN(C)S(=O)(=O)c1cn(C)cn1. The molecule has 4 rings (SSSR count). The number of anilines is 2. The fourth-order valence-electron chi connectivity index (χ4n) is 4.57. The second-order valence-electron chi connectivity index (χ2n) is 10.3. The second-order valence-corrected chi connectivity index (χ2v) is 12.3. The number of rotatable bonds is 8. The van der Waals surface area contributed by atoms with E-state index >= 15 is 0 Å². The zero-order valence-corrected chi connectivity index (χ0v) is 24.3. The molecule has 0 unspecified atom stereocenters. The maximum Gasteiger partial charge on any atom is 0.323 e. The van der Waals surface area contributed by atoms with Crippen LogP contribution in [-0.2, 0) is 28.3 Å². The predicted octanol–water partition coefficient (Wildman–Crippen LogP) is 2.53. The van der Waals surface area contributed by atoms with Gasteiger partial charge in [-0.1, -0.05) is 25.1 Å². The van der Waals surface area contributed by atoms with E-state index in [1.165, 1.54) is 23.9 Å². The van der Waals surface area contributed by atoms with Gasteiger partial charge in [0.25, 0.3) is 10.0 Å². The van der Waals surface area contributed by atoms with E-state index in [4.69, 9.17) is 4.74 Å². The van der Waals surface area contributed by atoms with Crippen LogP contribution in [0.4, 0.5) is 16.2 Å². The summed E-state index contributed by atoms with van der Waals surface area (Å²) in [6.07, 6.45) is 2.18. The monoisotopic (exact) mass is 584 g/mol. The first-order valence-electron chi connectivity index (χ1n) is 13.2. The molecule has 1 aromatic heterocycles. The fraction of sp³-hybridized carbons (Fsp3) is 0.393. The standard InChI is InChI=1S/C28H36N6O6S/c1-19-14-34(20(2)17-35)27(36)13-21-12-23(31-28(37)30-22-8-6-5-7-9-22)10-11-24(21)40-25(19)15-33(4)41(38,39)26-16-32(3)18-29-26/h5-12,16,18-20,25,35H,13-15,17H2,1-4H3,(H2,30,31,37)/t19-,20-,25-/m1/s1. The Morgan fingerprint density at radius 2 is 1.90 bits per heavy atom. The molecule has 13 heteroatoms. The summed E-state index contributed by atoms with van der Waals surface area (Å²) in [5.74, 6) is -0.106. The van der Waals surface area contributed by atoms with Gasteiger partial charge in [-0.05, 0) is 37.3 Å². The molecule has 0 saturated carbocycles. The van der Waals surface area contributed by atoms with Gasteiger partial charge in [-0.3, -0.25) is 4.79 Å². The number of imidazole rings is 1. The van der Waals surface area contributed by atoms with E-state index in [2.05, 4.69) is 15.6 Å². The number of carbonyl (C=O) groups excluding carboxylic acids is 2.